The zero-order valence-corrected chi connectivity index (χ0v) is 94.9. The van der Waals surface area contributed by atoms with Crippen LogP contribution in [0.1, 0.15) is 559 Å². The van der Waals surface area contributed by atoms with Gasteiger partial charge in [0, 0.05) is 54.6 Å². The Bertz CT molecular complexity index is 5580. The van der Waals surface area contributed by atoms with Gasteiger partial charge in [0.1, 0.15) is 22.6 Å². The average molecular weight is 2010 g/mol. The number of unbranched alkanes of at least 4 members (excludes halogenated alkanes) is 58. The number of fused-ring (bicyclic) bond motifs is 22. The van der Waals surface area contributed by atoms with E-state index >= 15 is 0 Å². The standard InChI is InChI=1S/C136H196N8O4/c1-11-19-27-35-43-51-59-67-77-93-135-109-85-75-76-86-110(109)136(94-78-68-60-52-44-36-28-20-12-2,112-98-116(146-10)115(145-9)97-111(112)135)114-100-120-119(99-113(114)135)147-117-95-107-108(96-118(117)148-120)128-137-127(107)138-129-121-101(79-69-61-53-45-37-29-21-13-3)87-89-103(81-71-63-55-47-39-31-23-15-5)123(121)131(140-129)142-133-125-105(83-73-65-57-49-41-33-25-17-7)91-92-106(84-74-66-58-50-42-34-26-18-8)126(125)134(144-133)143-132-124-104(82-72-64-56-48-40-32-24-16-6)90-88-102(122(124)130(139-128)141-132)80-70-62-54-46-38-30-22-14-4/h75-76,85-92,95-100H,11-74,77-84,93-94H2,1-10H3,(H2,137,138,139,140,141,142,143,144). The summed E-state index contributed by atoms with van der Waals surface area (Å²) in [7, 11) is 3.64. The van der Waals surface area contributed by atoms with Crippen LogP contribution in [0.5, 0.6) is 34.5 Å². The van der Waals surface area contributed by atoms with Crippen LogP contribution < -0.4 is 18.9 Å². The van der Waals surface area contributed by atoms with Crippen molar-refractivity contribution in [2.24, 2.45) is 0 Å². The average Bonchev–Trinajstić information content (AvgIpc) is 0.999. The highest BCUT2D eigenvalue weighted by molar-refractivity contribution is 6.10. The van der Waals surface area contributed by atoms with Gasteiger partial charge >= 0.3 is 0 Å². The number of nitrogens with one attached hydrogen (secondary N) is 2. The van der Waals surface area contributed by atoms with Crippen molar-refractivity contribution in [3.8, 4) is 80.0 Å². The van der Waals surface area contributed by atoms with Crippen LogP contribution in [0.25, 0.3) is 89.7 Å². The van der Waals surface area contributed by atoms with E-state index in [1.807, 2.05) is 14.2 Å². The SMILES string of the molecule is CCCCCCCCCCCC12c3ccccc3C(CCCCCCCCCCC)(c3cc(OC)c(OC)cc31)c1cc3c(cc12)Oc1cc2c4nc5nc(nc6[nH]c(nc7nc(nc([nH]4)c2cc1O3)-c1c(CCCCCCCCCC)ccc(CCCCCCCCCC)c1-7)c1c(CCCCCCCCCC)ccc(CCCCCCCCCC)c61)-c1c(CCCCCCCCCC)ccc(CCCCCCCCCC)c1-5. The number of aromatic nitrogens is 8. The van der Waals surface area contributed by atoms with E-state index in [4.69, 9.17) is 48.9 Å². The highest BCUT2D eigenvalue weighted by atomic mass is 16.6. The maximum Gasteiger partial charge on any atom is 0.170 e. The molecule has 3 aliphatic carbocycles. The number of aromatic amines is 2. The fourth-order valence-corrected chi connectivity index (χ4v) is 26.2. The van der Waals surface area contributed by atoms with Crippen molar-refractivity contribution in [1.82, 2.24) is 39.9 Å². The van der Waals surface area contributed by atoms with E-state index < -0.39 is 10.8 Å². The van der Waals surface area contributed by atoms with Crippen molar-refractivity contribution < 1.29 is 18.9 Å². The van der Waals surface area contributed by atoms with E-state index in [0.717, 1.165) is 182 Å². The van der Waals surface area contributed by atoms with E-state index in [9.17, 15) is 0 Å². The molecule has 2 N–H and O–H groups in total. The molecular formula is C136H196N8O4. The minimum Gasteiger partial charge on any atom is -0.493 e. The molecule has 804 valence electrons. The van der Waals surface area contributed by atoms with E-state index in [1.165, 1.54) is 450 Å². The molecule has 6 heterocycles. The molecule has 148 heavy (non-hydrogen) atoms. The molecule has 0 spiro atoms. The maximum atomic E-state index is 7.81. The number of benzene rings is 7. The van der Waals surface area contributed by atoms with Gasteiger partial charge in [0.2, 0.25) is 0 Å². The van der Waals surface area contributed by atoms with Crippen molar-refractivity contribution in [2.75, 3.05) is 14.2 Å². The van der Waals surface area contributed by atoms with E-state index in [2.05, 4.69) is 162 Å². The van der Waals surface area contributed by atoms with Crippen molar-refractivity contribution in [1.29, 1.82) is 0 Å². The highest BCUT2D eigenvalue weighted by Crippen LogP contribution is 2.68. The Morgan fingerprint density at radius 1 is 0.216 bits per heavy atom. The van der Waals surface area contributed by atoms with Gasteiger partial charge in [0.15, 0.2) is 57.8 Å². The Kier molecular flexibility index (Phi) is 46.3. The van der Waals surface area contributed by atoms with Gasteiger partial charge in [-0.3, -0.25) is 0 Å². The van der Waals surface area contributed by atoms with Crippen LogP contribution in [-0.2, 0) is 49.4 Å². The maximum absolute atomic E-state index is 7.81. The Labute approximate surface area is 896 Å². The van der Waals surface area contributed by atoms with Gasteiger partial charge in [-0.2, -0.15) is 0 Å². The Balaban J connectivity index is 0.972. The Morgan fingerprint density at radius 2 is 0.426 bits per heavy atom. The summed E-state index contributed by atoms with van der Waals surface area (Å²) in [4.78, 5) is 45.4. The van der Waals surface area contributed by atoms with E-state index in [-0.39, 0.29) is 0 Å². The number of hydrogen-bond acceptors (Lipinski definition) is 10. The number of ether oxygens (including phenoxy) is 4. The molecule has 3 aliphatic heterocycles. The molecule has 12 heteroatoms. The van der Waals surface area contributed by atoms with Crippen molar-refractivity contribution in [2.45, 2.75) is 541 Å². The van der Waals surface area contributed by atoms with Gasteiger partial charge in [-0.25, -0.2) is 29.9 Å². The molecule has 0 radical (unpaired) electrons. The van der Waals surface area contributed by atoms with Crippen molar-refractivity contribution >= 4 is 44.1 Å². The van der Waals surface area contributed by atoms with E-state index in [0.29, 0.717) is 34.4 Å². The van der Waals surface area contributed by atoms with E-state index in [1.54, 1.807) is 0 Å². The smallest absolute Gasteiger partial charge is 0.170 e. The summed E-state index contributed by atoms with van der Waals surface area (Å²) in [6.07, 6.45) is 90.3. The largest absolute Gasteiger partial charge is 0.493 e. The lowest BCUT2D eigenvalue weighted by Crippen LogP contribution is -2.51. The second-order valence-corrected chi connectivity index (χ2v) is 46.0. The van der Waals surface area contributed by atoms with Crippen LogP contribution in [-0.4, -0.2) is 54.1 Å². The van der Waals surface area contributed by atoms with Crippen LogP contribution in [0.4, 0.5) is 0 Å². The summed E-state index contributed by atoms with van der Waals surface area (Å²) in [5.74, 6) is 7.18. The molecule has 16 rings (SSSR count). The highest BCUT2D eigenvalue weighted by Gasteiger charge is 2.59. The van der Waals surface area contributed by atoms with Crippen LogP contribution in [0.3, 0.4) is 0 Å². The molecular weight excluding hydrogens is 1810 g/mol. The third-order valence-electron chi connectivity index (χ3n) is 34.7. The molecule has 0 saturated heterocycles. The molecule has 10 aromatic rings. The second kappa shape index (κ2) is 60.5. The summed E-state index contributed by atoms with van der Waals surface area (Å²) in [6, 6.07) is 38.7. The molecule has 0 fully saturated rings. The van der Waals surface area contributed by atoms with Crippen molar-refractivity contribution in [3.63, 3.8) is 0 Å². The van der Waals surface area contributed by atoms with Gasteiger partial charge < -0.3 is 28.9 Å². The third-order valence-corrected chi connectivity index (χ3v) is 34.7. The number of rotatable bonds is 76. The molecule has 0 saturated carbocycles. The number of methoxy groups -OCH3 is 2. The van der Waals surface area contributed by atoms with Crippen LogP contribution in [0.15, 0.2) is 97.1 Å². The Morgan fingerprint density at radius 3 is 0.682 bits per heavy atom. The molecule has 2 atom stereocenters. The van der Waals surface area contributed by atoms with Gasteiger partial charge in [-0.05, 0) is 193 Å². The van der Waals surface area contributed by atoms with Crippen molar-refractivity contribution in [3.05, 3.63) is 164 Å². The number of hydrogen-bond donors (Lipinski definition) is 2. The predicted molar refractivity (Wildman–Crippen MR) is 630 cm³/mol. The van der Waals surface area contributed by atoms with Gasteiger partial charge in [0.05, 0.1) is 14.2 Å². The van der Waals surface area contributed by atoms with Gasteiger partial charge in [-0.15, -0.1) is 0 Å². The zero-order chi connectivity index (χ0) is 103. The summed E-state index contributed by atoms with van der Waals surface area (Å²) in [5, 5.41) is 4.17. The first-order valence-electron chi connectivity index (χ1n) is 62.5. The first-order valence-corrected chi connectivity index (χ1v) is 62.5. The summed E-state index contributed by atoms with van der Waals surface area (Å²) >= 11 is 0. The molecule has 2 unspecified atom stereocenters. The second-order valence-electron chi connectivity index (χ2n) is 46.0. The lowest BCUT2D eigenvalue weighted by Gasteiger charge is -2.57. The minimum absolute atomic E-state index is 0.538. The number of aryl methyl sites for hydroxylation is 6. The predicted octanol–water partition coefficient (Wildman–Crippen LogP) is 42.0. The lowest BCUT2D eigenvalue weighted by atomic mass is 9.45. The summed E-state index contributed by atoms with van der Waals surface area (Å²) < 4.78 is 28.5. The number of nitrogens with zero attached hydrogens (tertiary/aromatic N) is 6. The normalized spacial score (nSPS) is 14.6. The Hall–Kier alpha value is -8.90. The van der Waals surface area contributed by atoms with Gasteiger partial charge in [0.25, 0.3) is 0 Å². The molecule has 10 bridgehead atoms. The first-order chi connectivity index (χ1) is 73.1. The monoisotopic (exact) mass is 2010 g/mol. The fourth-order valence-electron chi connectivity index (χ4n) is 26.2. The molecule has 3 aromatic heterocycles. The van der Waals surface area contributed by atoms with Crippen LogP contribution in [0, 0.1) is 0 Å². The molecule has 6 aliphatic rings. The summed E-state index contributed by atoms with van der Waals surface area (Å²) in [6.45, 7) is 18.6. The molecule has 7 aromatic carbocycles. The number of H-pyrrole nitrogens is 2. The molecule has 12 nitrogen and oxygen atoms in total. The fraction of sp³-hybridized carbons (Fsp3) is 0.632. The third kappa shape index (κ3) is 28.8. The topological polar surface area (TPSA) is 146 Å². The van der Waals surface area contributed by atoms with Gasteiger partial charge in [-0.1, -0.05) is 501 Å². The molecule has 0 amide bonds. The minimum atomic E-state index is -0.538. The summed E-state index contributed by atoms with van der Waals surface area (Å²) in [5.41, 5.74) is 22.6. The lowest BCUT2D eigenvalue weighted by molar-refractivity contribution is 0.340. The van der Waals surface area contributed by atoms with Crippen LogP contribution in [0.2, 0.25) is 0 Å². The van der Waals surface area contributed by atoms with Crippen LogP contribution >= 0.6 is 0 Å². The zero-order valence-electron chi connectivity index (χ0n) is 94.9. The first kappa shape index (κ1) is 113. The quantitative estimate of drug-likeness (QED) is 0.0353.